The largest absolute Gasteiger partial charge is 0.456 e. The molecule has 0 aliphatic heterocycles. The van der Waals surface area contributed by atoms with Crippen molar-refractivity contribution in [2.75, 3.05) is 0 Å². The van der Waals surface area contributed by atoms with Gasteiger partial charge in [-0.15, -0.1) is 10.2 Å². The van der Waals surface area contributed by atoms with E-state index in [9.17, 15) is 4.79 Å². The molecule has 0 unspecified atom stereocenters. The van der Waals surface area contributed by atoms with Crippen LogP contribution >= 0.6 is 0 Å². The molecule has 4 aromatic rings. The summed E-state index contributed by atoms with van der Waals surface area (Å²) < 4.78 is 6.11. The summed E-state index contributed by atoms with van der Waals surface area (Å²) in [5.74, 6) is 1.16. The molecule has 0 radical (unpaired) electrons. The van der Waals surface area contributed by atoms with Gasteiger partial charge in [-0.3, -0.25) is 4.79 Å². The predicted molar refractivity (Wildman–Crippen MR) is 98.3 cm³/mol. The molecule has 1 aliphatic rings. The van der Waals surface area contributed by atoms with Gasteiger partial charge < -0.3 is 4.42 Å². The van der Waals surface area contributed by atoms with Crippen molar-refractivity contribution in [2.45, 2.75) is 12.8 Å². The Hall–Kier alpha value is -3.54. The van der Waals surface area contributed by atoms with Crippen molar-refractivity contribution in [3.8, 4) is 11.4 Å². The van der Waals surface area contributed by atoms with Gasteiger partial charge in [0, 0.05) is 11.1 Å². The first-order chi connectivity index (χ1) is 12.8. The van der Waals surface area contributed by atoms with Gasteiger partial charge in [0.15, 0.2) is 5.43 Å². The Bertz CT molecular complexity index is 1190. The Kier molecular flexibility index (Phi) is 3.28. The first-order valence-electron chi connectivity index (χ1n) is 8.39. The first kappa shape index (κ1) is 14.8. The van der Waals surface area contributed by atoms with Crippen LogP contribution in [-0.4, -0.2) is 20.6 Å². The van der Waals surface area contributed by atoms with Crippen LogP contribution in [0.5, 0.6) is 0 Å². The van der Waals surface area contributed by atoms with E-state index in [1.165, 1.54) is 0 Å². The zero-order valence-corrected chi connectivity index (χ0v) is 13.8. The molecule has 126 valence electrons. The molecule has 6 heteroatoms. The summed E-state index contributed by atoms with van der Waals surface area (Å²) in [4.78, 5) is 13.0. The molecule has 0 saturated carbocycles. The van der Waals surface area contributed by atoms with Crippen LogP contribution in [0.25, 0.3) is 34.0 Å². The van der Waals surface area contributed by atoms with E-state index in [0.29, 0.717) is 29.0 Å². The number of tetrazole rings is 1. The van der Waals surface area contributed by atoms with Crippen LogP contribution in [0, 0.1) is 0 Å². The number of aromatic nitrogens is 4. The molecule has 2 aromatic heterocycles. The number of rotatable bonds is 2. The van der Waals surface area contributed by atoms with Crippen molar-refractivity contribution < 1.29 is 4.42 Å². The Morgan fingerprint density at radius 3 is 2.77 bits per heavy atom. The van der Waals surface area contributed by atoms with Gasteiger partial charge in [0.2, 0.25) is 5.82 Å². The van der Waals surface area contributed by atoms with Gasteiger partial charge in [0.05, 0.1) is 5.39 Å². The van der Waals surface area contributed by atoms with Crippen LogP contribution in [0.1, 0.15) is 23.3 Å². The number of allylic oxidation sites excluding steroid dienone is 1. The van der Waals surface area contributed by atoms with Crippen molar-refractivity contribution in [1.82, 2.24) is 20.6 Å². The standard InChI is InChI=1S/C20H14N4O2/c25-18-15-8-6-13(10-12-4-2-1-3-5-12)19(15)26-17-9-7-14(11-16(17)18)20-21-23-24-22-20/h1-5,7,9-11H,6,8H2,(H,21,22,23,24)/b13-10+. The summed E-state index contributed by atoms with van der Waals surface area (Å²) in [6.45, 7) is 0. The molecule has 0 bridgehead atoms. The molecule has 2 aromatic carbocycles. The zero-order chi connectivity index (χ0) is 17.5. The molecular weight excluding hydrogens is 328 g/mol. The first-order valence-corrected chi connectivity index (χ1v) is 8.39. The lowest BCUT2D eigenvalue weighted by Crippen LogP contribution is -2.08. The molecule has 2 heterocycles. The molecule has 1 N–H and O–H groups in total. The van der Waals surface area contributed by atoms with E-state index in [1.54, 1.807) is 12.1 Å². The van der Waals surface area contributed by atoms with E-state index < -0.39 is 0 Å². The Morgan fingerprint density at radius 2 is 1.96 bits per heavy atom. The van der Waals surface area contributed by atoms with E-state index in [2.05, 4.69) is 26.7 Å². The fourth-order valence-corrected chi connectivity index (χ4v) is 3.40. The van der Waals surface area contributed by atoms with E-state index in [1.807, 2.05) is 36.4 Å². The minimum absolute atomic E-state index is 0.0167. The maximum atomic E-state index is 13.0. The van der Waals surface area contributed by atoms with Crippen molar-refractivity contribution >= 4 is 22.6 Å². The molecule has 0 saturated heterocycles. The lowest BCUT2D eigenvalue weighted by atomic mass is 10.1. The summed E-state index contributed by atoms with van der Waals surface area (Å²) in [5, 5.41) is 14.5. The molecule has 0 fully saturated rings. The van der Waals surface area contributed by atoms with Crippen LogP contribution in [-0.2, 0) is 6.42 Å². The number of nitrogens with zero attached hydrogens (tertiary/aromatic N) is 3. The third kappa shape index (κ3) is 2.35. The zero-order valence-electron chi connectivity index (χ0n) is 13.8. The second-order valence-corrected chi connectivity index (χ2v) is 6.27. The summed E-state index contributed by atoms with van der Waals surface area (Å²) in [6, 6.07) is 15.5. The van der Waals surface area contributed by atoms with Gasteiger partial charge in [0.1, 0.15) is 11.3 Å². The fourth-order valence-electron chi connectivity index (χ4n) is 3.40. The van der Waals surface area contributed by atoms with Crippen LogP contribution in [0.2, 0.25) is 0 Å². The molecule has 5 rings (SSSR count). The number of fused-ring (bicyclic) bond motifs is 2. The third-order valence-corrected chi connectivity index (χ3v) is 4.66. The number of hydrogen-bond acceptors (Lipinski definition) is 5. The number of H-pyrrole nitrogens is 1. The SMILES string of the molecule is O=c1c2c(oc3ccc(-c4nn[nH]n4)cc13)/C(=C/c1ccccc1)CC2. The normalized spacial score (nSPS) is 14.8. The number of aromatic amines is 1. The highest BCUT2D eigenvalue weighted by Gasteiger charge is 2.24. The maximum absolute atomic E-state index is 13.0. The molecular formula is C20H14N4O2. The van der Waals surface area contributed by atoms with Crippen molar-refractivity contribution in [2.24, 2.45) is 0 Å². The van der Waals surface area contributed by atoms with Crippen molar-refractivity contribution in [3.05, 3.63) is 75.6 Å². The molecule has 0 amide bonds. The molecule has 1 aliphatic carbocycles. The minimum atomic E-state index is 0.0167. The average molecular weight is 342 g/mol. The molecule has 6 nitrogen and oxygen atoms in total. The van der Waals surface area contributed by atoms with E-state index in [4.69, 9.17) is 4.42 Å². The molecule has 0 atom stereocenters. The fraction of sp³-hybridized carbons (Fsp3) is 0.100. The summed E-state index contributed by atoms with van der Waals surface area (Å²) >= 11 is 0. The van der Waals surface area contributed by atoms with Gasteiger partial charge >= 0.3 is 0 Å². The topological polar surface area (TPSA) is 84.7 Å². The Morgan fingerprint density at radius 1 is 1.08 bits per heavy atom. The number of benzene rings is 2. The van der Waals surface area contributed by atoms with Gasteiger partial charge in [-0.2, -0.15) is 5.21 Å². The second-order valence-electron chi connectivity index (χ2n) is 6.27. The maximum Gasteiger partial charge on any atom is 0.204 e. The minimum Gasteiger partial charge on any atom is -0.456 e. The van der Waals surface area contributed by atoms with Gasteiger partial charge in [0.25, 0.3) is 0 Å². The smallest absolute Gasteiger partial charge is 0.204 e. The van der Waals surface area contributed by atoms with Crippen LogP contribution in [0.3, 0.4) is 0 Å². The summed E-state index contributed by atoms with van der Waals surface area (Å²) in [5.41, 5.74) is 4.23. The highest BCUT2D eigenvalue weighted by molar-refractivity contribution is 5.88. The highest BCUT2D eigenvalue weighted by Crippen LogP contribution is 2.34. The highest BCUT2D eigenvalue weighted by atomic mass is 16.3. The van der Waals surface area contributed by atoms with Crippen molar-refractivity contribution in [1.29, 1.82) is 0 Å². The Balaban J connectivity index is 1.67. The van der Waals surface area contributed by atoms with Gasteiger partial charge in [-0.1, -0.05) is 30.3 Å². The predicted octanol–water partition coefficient (Wildman–Crippen LogP) is 3.46. The lowest BCUT2D eigenvalue weighted by molar-refractivity contribution is 0.585. The van der Waals surface area contributed by atoms with Crippen LogP contribution < -0.4 is 5.43 Å². The van der Waals surface area contributed by atoms with E-state index in [0.717, 1.165) is 28.7 Å². The number of nitrogens with one attached hydrogen (secondary N) is 1. The van der Waals surface area contributed by atoms with E-state index in [-0.39, 0.29) is 5.43 Å². The van der Waals surface area contributed by atoms with Gasteiger partial charge in [-0.05, 0) is 53.5 Å². The monoisotopic (exact) mass is 342 g/mol. The van der Waals surface area contributed by atoms with E-state index >= 15 is 0 Å². The summed E-state index contributed by atoms with van der Waals surface area (Å²) in [7, 11) is 0. The molecule has 0 spiro atoms. The van der Waals surface area contributed by atoms with Crippen LogP contribution in [0.15, 0.2) is 57.7 Å². The quantitative estimate of drug-likeness (QED) is 0.603. The second kappa shape index (κ2) is 5.77. The van der Waals surface area contributed by atoms with Crippen molar-refractivity contribution in [3.63, 3.8) is 0 Å². The third-order valence-electron chi connectivity index (χ3n) is 4.66. The molecule has 26 heavy (non-hydrogen) atoms. The summed E-state index contributed by atoms with van der Waals surface area (Å²) in [6.07, 6.45) is 3.59. The average Bonchev–Trinajstić information content (AvgIpc) is 3.34. The lowest BCUT2D eigenvalue weighted by Gasteiger charge is -2.05. The van der Waals surface area contributed by atoms with Gasteiger partial charge in [-0.25, -0.2) is 0 Å². The Labute approximate surface area is 148 Å². The number of hydrogen-bond donors (Lipinski definition) is 1. The van der Waals surface area contributed by atoms with Crippen LogP contribution in [0.4, 0.5) is 0 Å².